The summed E-state index contributed by atoms with van der Waals surface area (Å²) in [7, 11) is 0. The minimum atomic E-state index is -0.469. The van der Waals surface area contributed by atoms with E-state index < -0.39 is 10.8 Å². The van der Waals surface area contributed by atoms with Crippen molar-refractivity contribution < 1.29 is 18.9 Å². The second-order valence-electron chi connectivity index (χ2n) is 6.71. The van der Waals surface area contributed by atoms with Gasteiger partial charge in [0.15, 0.2) is 6.61 Å². The highest BCUT2D eigenvalue weighted by Crippen LogP contribution is 2.30. The Kier molecular flexibility index (Phi) is 6.26. The molecule has 0 bridgehead atoms. The molecule has 30 heavy (non-hydrogen) atoms. The third kappa shape index (κ3) is 4.72. The molecule has 0 unspecified atom stereocenters. The van der Waals surface area contributed by atoms with Crippen molar-refractivity contribution in [3.8, 4) is 17.1 Å². The van der Waals surface area contributed by atoms with Crippen LogP contribution in [0.25, 0.3) is 11.3 Å². The highest BCUT2D eigenvalue weighted by atomic mass is 16.6. The van der Waals surface area contributed by atoms with Gasteiger partial charge < -0.3 is 9.15 Å². The highest BCUT2D eigenvalue weighted by Gasteiger charge is 2.16. The quantitative estimate of drug-likeness (QED) is 0.357. The number of ether oxygens (including phenoxy) is 1. The molecule has 0 radical (unpaired) electrons. The third-order valence-electron chi connectivity index (χ3n) is 4.60. The lowest BCUT2D eigenvalue weighted by atomic mass is 10.1. The van der Waals surface area contributed by atoms with Crippen LogP contribution in [0.4, 0.5) is 5.69 Å². The topological polar surface area (TPSA) is 107 Å². The molecule has 8 heteroatoms. The van der Waals surface area contributed by atoms with Crippen LogP contribution in [0.5, 0.6) is 5.75 Å². The lowest BCUT2D eigenvalue weighted by Gasteiger charge is -2.13. The molecule has 1 aromatic heterocycles. The molecule has 3 aromatic rings. The number of hydrogen-bond donors (Lipinski definition) is 1. The number of benzene rings is 2. The summed E-state index contributed by atoms with van der Waals surface area (Å²) in [6.07, 6.45) is 1.32. The SMILES string of the molecule is Cc1ccc(C)c(OCC(=O)N/N=C\c2ccc(-c3ccccc3[N+](=O)[O-])o2)c1C. The predicted molar refractivity (Wildman–Crippen MR) is 113 cm³/mol. The molecule has 0 fully saturated rings. The molecule has 1 amide bonds. The Bertz CT molecular complexity index is 1120. The summed E-state index contributed by atoms with van der Waals surface area (Å²) in [6.45, 7) is 5.67. The molecule has 1 N–H and O–H groups in total. The highest BCUT2D eigenvalue weighted by molar-refractivity contribution is 5.82. The van der Waals surface area contributed by atoms with E-state index in [1.54, 1.807) is 30.3 Å². The van der Waals surface area contributed by atoms with E-state index >= 15 is 0 Å². The zero-order valence-corrected chi connectivity index (χ0v) is 16.8. The predicted octanol–water partition coefficient (Wildman–Crippen LogP) is 4.31. The molecular formula is C22H21N3O5. The molecule has 154 valence electrons. The number of hydrazone groups is 1. The van der Waals surface area contributed by atoms with Gasteiger partial charge in [-0.1, -0.05) is 24.3 Å². The fourth-order valence-corrected chi connectivity index (χ4v) is 2.89. The summed E-state index contributed by atoms with van der Waals surface area (Å²) in [4.78, 5) is 22.7. The van der Waals surface area contributed by atoms with Crippen molar-refractivity contribution in [2.45, 2.75) is 20.8 Å². The number of carbonyl (C=O) groups excluding carboxylic acids is 1. The van der Waals surface area contributed by atoms with Crippen molar-refractivity contribution in [1.82, 2.24) is 5.43 Å². The Labute approximate surface area is 173 Å². The normalized spacial score (nSPS) is 10.9. The van der Waals surface area contributed by atoms with E-state index in [1.807, 2.05) is 32.9 Å². The molecule has 8 nitrogen and oxygen atoms in total. The standard InChI is InChI=1S/C22H21N3O5/c1-14-8-9-15(2)22(16(14)3)29-13-21(26)24-23-12-17-10-11-20(30-17)18-6-4-5-7-19(18)25(27)28/h4-12H,13H2,1-3H3,(H,24,26)/b23-12-. The third-order valence-corrected chi connectivity index (χ3v) is 4.60. The van der Waals surface area contributed by atoms with E-state index in [0.29, 0.717) is 22.8 Å². The van der Waals surface area contributed by atoms with Crippen LogP contribution in [-0.2, 0) is 4.79 Å². The molecule has 0 saturated heterocycles. The average Bonchev–Trinajstić information content (AvgIpc) is 3.19. The number of nitro groups is 1. The van der Waals surface area contributed by atoms with Crippen molar-refractivity contribution in [2.75, 3.05) is 6.61 Å². The first kappa shape index (κ1) is 20.8. The van der Waals surface area contributed by atoms with E-state index in [1.165, 1.54) is 12.3 Å². The summed E-state index contributed by atoms with van der Waals surface area (Å²) in [5.41, 5.74) is 5.71. The Morgan fingerprint density at radius 2 is 1.87 bits per heavy atom. The maximum absolute atomic E-state index is 12.0. The van der Waals surface area contributed by atoms with Crippen LogP contribution < -0.4 is 10.2 Å². The second-order valence-corrected chi connectivity index (χ2v) is 6.71. The van der Waals surface area contributed by atoms with Crippen molar-refractivity contribution in [2.24, 2.45) is 5.10 Å². The van der Waals surface area contributed by atoms with E-state index in [2.05, 4.69) is 10.5 Å². The molecule has 2 aromatic carbocycles. The zero-order chi connectivity index (χ0) is 21.7. The minimum absolute atomic E-state index is 0.0532. The van der Waals surface area contributed by atoms with Crippen LogP contribution in [0, 0.1) is 30.9 Å². The number of nitro benzene ring substituents is 1. The van der Waals surface area contributed by atoms with Gasteiger partial charge in [0, 0.05) is 6.07 Å². The molecule has 0 aliphatic heterocycles. The minimum Gasteiger partial charge on any atom is -0.483 e. The zero-order valence-electron chi connectivity index (χ0n) is 16.8. The number of hydrogen-bond acceptors (Lipinski definition) is 6. The van der Waals surface area contributed by atoms with Gasteiger partial charge in [0.1, 0.15) is 17.3 Å². The Hall–Kier alpha value is -3.94. The number of para-hydroxylation sites is 1. The van der Waals surface area contributed by atoms with Gasteiger partial charge in [-0.05, 0) is 55.7 Å². The monoisotopic (exact) mass is 407 g/mol. The van der Waals surface area contributed by atoms with Gasteiger partial charge in [-0.2, -0.15) is 5.10 Å². The smallest absolute Gasteiger partial charge is 0.280 e. The van der Waals surface area contributed by atoms with Crippen LogP contribution in [0.3, 0.4) is 0 Å². The van der Waals surface area contributed by atoms with Crippen LogP contribution >= 0.6 is 0 Å². The van der Waals surface area contributed by atoms with Gasteiger partial charge in [0.2, 0.25) is 0 Å². The van der Waals surface area contributed by atoms with Gasteiger partial charge in [0.05, 0.1) is 16.7 Å². The van der Waals surface area contributed by atoms with Crippen molar-refractivity contribution in [3.05, 3.63) is 81.1 Å². The number of nitrogens with zero attached hydrogens (tertiary/aromatic N) is 2. The largest absolute Gasteiger partial charge is 0.483 e. The van der Waals surface area contributed by atoms with Gasteiger partial charge in [-0.15, -0.1) is 0 Å². The van der Waals surface area contributed by atoms with Gasteiger partial charge in [0.25, 0.3) is 11.6 Å². The van der Waals surface area contributed by atoms with E-state index in [4.69, 9.17) is 9.15 Å². The van der Waals surface area contributed by atoms with E-state index in [0.717, 1.165) is 16.7 Å². The van der Waals surface area contributed by atoms with E-state index in [9.17, 15) is 14.9 Å². The molecule has 1 heterocycles. The number of nitrogens with one attached hydrogen (secondary N) is 1. The molecular weight excluding hydrogens is 386 g/mol. The fourth-order valence-electron chi connectivity index (χ4n) is 2.89. The molecule has 3 rings (SSSR count). The Balaban J connectivity index is 1.60. The van der Waals surface area contributed by atoms with Crippen LogP contribution in [0.15, 0.2) is 58.0 Å². The first-order valence-electron chi connectivity index (χ1n) is 9.22. The number of amides is 1. The fraction of sp³-hybridized carbons (Fsp3) is 0.182. The maximum atomic E-state index is 12.0. The van der Waals surface area contributed by atoms with Crippen molar-refractivity contribution >= 4 is 17.8 Å². The molecule has 0 atom stereocenters. The summed E-state index contributed by atoms with van der Waals surface area (Å²) >= 11 is 0. The number of furan rings is 1. The summed E-state index contributed by atoms with van der Waals surface area (Å²) in [6, 6.07) is 13.5. The lowest BCUT2D eigenvalue weighted by Crippen LogP contribution is -2.25. The van der Waals surface area contributed by atoms with E-state index in [-0.39, 0.29) is 12.3 Å². The van der Waals surface area contributed by atoms with Gasteiger partial charge in [-0.25, -0.2) is 5.43 Å². The molecule has 0 spiro atoms. The van der Waals surface area contributed by atoms with Crippen molar-refractivity contribution in [1.29, 1.82) is 0 Å². The second kappa shape index (κ2) is 9.04. The van der Waals surface area contributed by atoms with Crippen LogP contribution in [0.1, 0.15) is 22.5 Å². The Morgan fingerprint density at radius 3 is 2.63 bits per heavy atom. The van der Waals surface area contributed by atoms with Crippen LogP contribution in [-0.4, -0.2) is 23.7 Å². The first-order chi connectivity index (χ1) is 14.4. The first-order valence-corrected chi connectivity index (χ1v) is 9.22. The van der Waals surface area contributed by atoms with Crippen LogP contribution in [0.2, 0.25) is 0 Å². The van der Waals surface area contributed by atoms with Gasteiger partial charge in [-0.3, -0.25) is 14.9 Å². The number of carbonyl (C=O) groups is 1. The number of aryl methyl sites for hydroxylation is 2. The molecule has 0 aliphatic rings. The Morgan fingerprint density at radius 1 is 1.13 bits per heavy atom. The van der Waals surface area contributed by atoms with Gasteiger partial charge >= 0.3 is 0 Å². The average molecular weight is 407 g/mol. The molecule has 0 aliphatic carbocycles. The maximum Gasteiger partial charge on any atom is 0.280 e. The number of rotatable bonds is 7. The summed E-state index contributed by atoms with van der Waals surface area (Å²) < 4.78 is 11.2. The van der Waals surface area contributed by atoms with Crippen molar-refractivity contribution in [3.63, 3.8) is 0 Å². The lowest BCUT2D eigenvalue weighted by molar-refractivity contribution is -0.384. The summed E-state index contributed by atoms with van der Waals surface area (Å²) in [5, 5.41) is 15.0. The molecule has 0 saturated carbocycles. The summed E-state index contributed by atoms with van der Waals surface area (Å²) in [5.74, 6) is 0.949.